The van der Waals surface area contributed by atoms with Crippen molar-refractivity contribution in [3.05, 3.63) is 0 Å². The summed E-state index contributed by atoms with van der Waals surface area (Å²) in [7, 11) is 0. The van der Waals surface area contributed by atoms with Crippen LogP contribution < -0.4 is 5.32 Å². The second-order valence-corrected chi connectivity index (χ2v) is 6.09. The average molecular weight is 290 g/mol. The normalized spacial score (nSPS) is 15.9. The van der Waals surface area contributed by atoms with E-state index >= 15 is 0 Å². The van der Waals surface area contributed by atoms with Gasteiger partial charge in [-0.05, 0) is 45.1 Å². The third kappa shape index (κ3) is 8.85. The summed E-state index contributed by atoms with van der Waals surface area (Å²) in [5.41, 5.74) is 0. The van der Waals surface area contributed by atoms with E-state index in [0.717, 1.165) is 6.54 Å². The molecular weight excluding hydrogens is 254 g/mol. The van der Waals surface area contributed by atoms with Gasteiger partial charge in [0, 0.05) is 5.92 Å². The minimum absolute atomic E-state index is 0.348. The molecule has 1 N–H and O–H groups in total. The highest BCUT2D eigenvalue weighted by Crippen LogP contribution is 2.20. The van der Waals surface area contributed by atoms with Crippen molar-refractivity contribution in [1.29, 1.82) is 0 Å². The van der Waals surface area contributed by atoms with Crippen LogP contribution >= 0.6 is 0 Å². The summed E-state index contributed by atoms with van der Waals surface area (Å²) in [5.74, 6) is 14.7. The van der Waals surface area contributed by atoms with Gasteiger partial charge in [0.1, 0.15) is 0 Å². The fraction of sp³-hybridized carbons (Fsp3) is 0.800. The molecule has 1 heteroatoms. The third-order valence-corrected chi connectivity index (χ3v) is 4.48. The van der Waals surface area contributed by atoms with Crippen molar-refractivity contribution in [2.45, 2.75) is 79.7 Å². The fourth-order valence-electron chi connectivity index (χ4n) is 2.50. The molecule has 0 aromatic heterocycles. The van der Waals surface area contributed by atoms with Crippen molar-refractivity contribution >= 4 is 0 Å². The van der Waals surface area contributed by atoms with Crippen LogP contribution in [0.15, 0.2) is 0 Å². The van der Waals surface area contributed by atoms with Crippen molar-refractivity contribution < 1.29 is 0 Å². The van der Waals surface area contributed by atoms with Gasteiger partial charge >= 0.3 is 0 Å². The molecule has 0 aromatic rings. The smallest absolute Gasteiger partial charge is 0.0715 e. The van der Waals surface area contributed by atoms with Crippen LogP contribution in [0.5, 0.6) is 0 Å². The van der Waals surface area contributed by atoms with Gasteiger partial charge in [-0.3, -0.25) is 0 Å². The minimum Gasteiger partial charge on any atom is -0.303 e. The summed E-state index contributed by atoms with van der Waals surface area (Å²) in [6, 6.07) is 0.348. The number of nitrogens with one attached hydrogen (secondary N) is 1. The lowest BCUT2D eigenvalue weighted by molar-refractivity contribution is 0.382. The van der Waals surface area contributed by atoms with E-state index in [1.54, 1.807) is 0 Å². The van der Waals surface area contributed by atoms with E-state index in [-0.39, 0.29) is 0 Å². The molecule has 4 unspecified atom stereocenters. The SMILES string of the molecule is CC#CC(CCCCNC(C#CC)C(C)CC)C(C)CC. The van der Waals surface area contributed by atoms with Crippen molar-refractivity contribution in [1.82, 2.24) is 5.32 Å². The molecule has 0 heterocycles. The van der Waals surface area contributed by atoms with Crippen molar-refractivity contribution in [2.24, 2.45) is 17.8 Å². The fourth-order valence-corrected chi connectivity index (χ4v) is 2.50. The quantitative estimate of drug-likeness (QED) is 0.447. The van der Waals surface area contributed by atoms with Crippen LogP contribution in [0.25, 0.3) is 0 Å². The molecule has 0 saturated heterocycles. The van der Waals surface area contributed by atoms with Crippen LogP contribution in [-0.2, 0) is 0 Å². The molecule has 0 fully saturated rings. The zero-order chi connectivity index (χ0) is 16.1. The molecule has 0 aliphatic rings. The van der Waals surface area contributed by atoms with Gasteiger partial charge in [0.15, 0.2) is 0 Å². The van der Waals surface area contributed by atoms with E-state index in [1.165, 1.54) is 32.1 Å². The van der Waals surface area contributed by atoms with Crippen molar-refractivity contribution in [2.75, 3.05) is 6.54 Å². The summed E-state index contributed by atoms with van der Waals surface area (Å²) >= 11 is 0. The zero-order valence-corrected chi connectivity index (χ0v) is 15.1. The Morgan fingerprint density at radius 1 is 0.857 bits per heavy atom. The molecule has 1 nitrogen and oxygen atoms in total. The van der Waals surface area contributed by atoms with Crippen LogP contribution in [0.1, 0.15) is 73.6 Å². The zero-order valence-electron chi connectivity index (χ0n) is 15.1. The number of hydrogen-bond acceptors (Lipinski definition) is 1. The Bertz CT molecular complexity index is 327. The predicted octanol–water partition coefficient (Wildman–Crippen LogP) is 4.87. The third-order valence-electron chi connectivity index (χ3n) is 4.48. The minimum atomic E-state index is 0.348. The van der Waals surface area contributed by atoms with Crippen LogP contribution in [0, 0.1) is 41.4 Å². The van der Waals surface area contributed by atoms with E-state index in [1.807, 2.05) is 13.8 Å². The van der Waals surface area contributed by atoms with Gasteiger partial charge in [0.25, 0.3) is 0 Å². The van der Waals surface area contributed by atoms with Gasteiger partial charge in [-0.2, -0.15) is 0 Å². The molecule has 0 aliphatic carbocycles. The Hall–Kier alpha value is -0.920. The standard InChI is InChI=1S/C20H35N/c1-7-13-19(17(5)9-3)15-11-12-16-21-20(14-8-2)18(6)10-4/h17-21H,9-12,15-16H2,1-6H3. The molecular formula is C20H35N. The van der Waals surface area contributed by atoms with Gasteiger partial charge in [0.05, 0.1) is 6.04 Å². The Balaban J connectivity index is 4.05. The predicted molar refractivity (Wildman–Crippen MR) is 94.9 cm³/mol. The first-order valence-electron chi connectivity index (χ1n) is 8.68. The molecule has 0 radical (unpaired) electrons. The summed E-state index contributed by atoms with van der Waals surface area (Å²) in [6.45, 7) is 14.0. The average Bonchev–Trinajstić information content (AvgIpc) is 2.50. The summed E-state index contributed by atoms with van der Waals surface area (Å²) in [4.78, 5) is 0. The summed E-state index contributed by atoms with van der Waals surface area (Å²) in [6.07, 6.45) is 6.10. The van der Waals surface area contributed by atoms with Crippen LogP contribution in [0.2, 0.25) is 0 Å². The molecule has 0 saturated carbocycles. The van der Waals surface area contributed by atoms with E-state index in [2.05, 4.69) is 56.7 Å². The highest BCUT2D eigenvalue weighted by atomic mass is 14.9. The molecule has 0 rings (SSSR count). The highest BCUT2D eigenvalue weighted by molar-refractivity contribution is 5.07. The van der Waals surface area contributed by atoms with E-state index in [4.69, 9.17) is 0 Å². The largest absolute Gasteiger partial charge is 0.303 e. The summed E-state index contributed by atoms with van der Waals surface area (Å²) < 4.78 is 0. The van der Waals surface area contributed by atoms with Crippen LogP contribution in [-0.4, -0.2) is 12.6 Å². The maximum atomic E-state index is 3.61. The monoisotopic (exact) mass is 289 g/mol. The summed E-state index contributed by atoms with van der Waals surface area (Å²) in [5, 5.41) is 3.61. The van der Waals surface area contributed by atoms with E-state index in [0.29, 0.717) is 23.8 Å². The lowest BCUT2D eigenvalue weighted by Gasteiger charge is -2.20. The first-order chi connectivity index (χ1) is 10.1. The van der Waals surface area contributed by atoms with Gasteiger partial charge in [-0.1, -0.05) is 58.8 Å². The Morgan fingerprint density at radius 2 is 1.48 bits per heavy atom. The molecule has 120 valence electrons. The second kappa shape index (κ2) is 12.8. The van der Waals surface area contributed by atoms with Gasteiger partial charge in [-0.25, -0.2) is 0 Å². The van der Waals surface area contributed by atoms with E-state index in [9.17, 15) is 0 Å². The van der Waals surface area contributed by atoms with Gasteiger partial charge in [-0.15, -0.1) is 11.8 Å². The lowest BCUT2D eigenvalue weighted by atomic mass is 9.88. The Labute approximate surface area is 133 Å². The molecule has 0 aromatic carbocycles. The molecule has 0 spiro atoms. The first kappa shape index (κ1) is 20.1. The van der Waals surface area contributed by atoms with Crippen molar-refractivity contribution in [3.63, 3.8) is 0 Å². The highest BCUT2D eigenvalue weighted by Gasteiger charge is 2.14. The lowest BCUT2D eigenvalue weighted by Crippen LogP contribution is -2.34. The van der Waals surface area contributed by atoms with E-state index < -0.39 is 0 Å². The molecule has 0 amide bonds. The number of unbranched alkanes of at least 4 members (excludes halogenated alkanes) is 1. The Morgan fingerprint density at radius 3 is 2.00 bits per heavy atom. The van der Waals surface area contributed by atoms with Gasteiger partial charge in [0.2, 0.25) is 0 Å². The molecule has 21 heavy (non-hydrogen) atoms. The number of rotatable bonds is 10. The first-order valence-corrected chi connectivity index (χ1v) is 8.68. The Kier molecular flexibility index (Phi) is 12.2. The maximum absolute atomic E-state index is 3.61. The second-order valence-electron chi connectivity index (χ2n) is 6.09. The van der Waals surface area contributed by atoms with Crippen LogP contribution in [0.4, 0.5) is 0 Å². The van der Waals surface area contributed by atoms with Gasteiger partial charge < -0.3 is 5.32 Å². The molecule has 0 bridgehead atoms. The van der Waals surface area contributed by atoms with Crippen LogP contribution in [0.3, 0.4) is 0 Å². The molecule has 4 atom stereocenters. The molecule has 0 aliphatic heterocycles. The maximum Gasteiger partial charge on any atom is 0.0715 e. The van der Waals surface area contributed by atoms with Crippen molar-refractivity contribution in [3.8, 4) is 23.7 Å². The topological polar surface area (TPSA) is 12.0 Å². The number of hydrogen-bond donors (Lipinski definition) is 1.